The number of hydrogen-bond donors (Lipinski definition) is 1. The van der Waals surface area contributed by atoms with Gasteiger partial charge in [0, 0.05) is 69.3 Å². The quantitative estimate of drug-likeness (QED) is 0.300. The van der Waals surface area contributed by atoms with E-state index in [4.69, 9.17) is 17.6 Å². The average Bonchev–Trinajstić information content (AvgIpc) is 3.51. The summed E-state index contributed by atoms with van der Waals surface area (Å²) in [6, 6.07) is 24.1. The number of piperidine rings is 1. The Morgan fingerprint density at radius 3 is 2.02 bits per heavy atom. The van der Waals surface area contributed by atoms with Crippen molar-refractivity contribution >= 4 is 34.4 Å². The van der Waals surface area contributed by atoms with Crippen molar-refractivity contribution in [3.8, 4) is 5.75 Å². The van der Waals surface area contributed by atoms with Crippen LogP contribution < -0.4 is 10.1 Å². The normalized spacial score (nSPS) is 16.0. The van der Waals surface area contributed by atoms with Gasteiger partial charge >= 0.3 is 11.6 Å². The highest BCUT2D eigenvalue weighted by Gasteiger charge is 2.25. The first kappa shape index (κ1) is 33.1. The van der Waals surface area contributed by atoms with Crippen LogP contribution in [0.15, 0.2) is 77.2 Å². The lowest BCUT2D eigenvalue weighted by molar-refractivity contribution is 0.0628. The van der Waals surface area contributed by atoms with E-state index in [1.165, 1.54) is 16.7 Å². The summed E-state index contributed by atoms with van der Waals surface area (Å²) in [7, 11) is 1.68. The molecule has 2 aliphatic heterocycles. The van der Waals surface area contributed by atoms with Crippen molar-refractivity contribution in [3.05, 3.63) is 101 Å². The number of nitrogens with zero attached hydrogens (tertiary/aromatic N) is 3. The van der Waals surface area contributed by atoms with E-state index in [-0.39, 0.29) is 23.6 Å². The van der Waals surface area contributed by atoms with Gasteiger partial charge in [-0.25, -0.2) is 0 Å². The van der Waals surface area contributed by atoms with Crippen molar-refractivity contribution in [3.63, 3.8) is 0 Å². The molecule has 2 amide bonds. The average molecular weight is 645 g/mol. The van der Waals surface area contributed by atoms with E-state index in [9.17, 15) is 9.59 Å². The monoisotopic (exact) mass is 644 g/mol. The fourth-order valence-electron chi connectivity index (χ4n) is 6.01. The first-order chi connectivity index (χ1) is 22.3. The van der Waals surface area contributed by atoms with E-state index >= 15 is 0 Å². The van der Waals surface area contributed by atoms with Gasteiger partial charge in [0.25, 0.3) is 11.8 Å². The molecular weight excluding hydrogens is 604 g/mol. The van der Waals surface area contributed by atoms with Gasteiger partial charge in [-0.3, -0.25) is 19.4 Å². The standard InChI is InChI=1S/C35H40N4O4.O2S/c1-25-3-5-26(6-4-25)24-38-17-19-39(20-18-38)35(41)28-9-12-32-29(21-28)22-33(43-32)34(40)36-30-13-15-37(16-14-30)23-27-7-10-31(42-2)11-8-27;1-3-2/h3-12,21-22,30H,13-20,23-24H2,1-2H3,(H,36,40);. The molecule has 0 atom stereocenters. The number of aryl methyl sites for hydroxylation is 1. The molecule has 10 nitrogen and oxygen atoms in total. The van der Waals surface area contributed by atoms with Crippen molar-refractivity contribution in [1.29, 1.82) is 0 Å². The number of furan rings is 1. The number of carbonyl (C=O) groups is 2. The number of amides is 2. The second-order valence-electron chi connectivity index (χ2n) is 11.9. The van der Waals surface area contributed by atoms with Crippen LogP contribution in [0, 0.1) is 6.92 Å². The summed E-state index contributed by atoms with van der Waals surface area (Å²) in [5.74, 6) is 0.958. The lowest BCUT2D eigenvalue weighted by Gasteiger charge is -2.34. The Morgan fingerprint density at radius 1 is 0.826 bits per heavy atom. The summed E-state index contributed by atoms with van der Waals surface area (Å²) in [6.07, 6.45) is 1.78. The first-order valence-electron chi connectivity index (χ1n) is 15.5. The Kier molecular flexibility index (Phi) is 11.4. The van der Waals surface area contributed by atoms with Crippen LogP contribution in [0.2, 0.25) is 0 Å². The van der Waals surface area contributed by atoms with Crippen molar-refractivity contribution in [2.75, 3.05) is 46.4 Å². The van der Waals surface area contributed by atoms with Crippen molar-refractivity contribution < 1.29 is 27.2 Å². The molecule has 1 aromatic heterocycles. The van der Waals surface area contributed by atoms with Gasteiger partial charge in [0.1, 0.15) is 11.3 Å². The fraction of sp³-hybridized carbons (Fsp3) is 0.371. The molecule has 2 aliphatic rings. The van der Waals surface area contributed by atoms with E-state index < -0.39 is 11.6 Å². The van der Waals surface area contributed by atoms with Gasteiger partial charge in [0.15, 0.2) is 5.76 Å². The number of piperazine rings is 1. The van der Waals surface area contributed by atoms with Crippen LogP contribution in [-0.4, -0.2) is 87.4 Å². The predicted molar refractivity (Wildman–Crippen MR) is 176 cm³/mol. The Morgan fingerprint density at radius 2 is 1.41 bits per heavy atom. The molecule has 3 aromatic carbocycles. The largest absolute Gasteiger partial charge is 0.497 e. The zero-order chi connectivity index (χ0) is 32.5. The maximum Gasteiger partial charge on any atom is 0.335 e. The molecule has 0 aliphatic carbocycles. The number of rotatable bonds is 8. The molecule has 0 radical (unpaired) electrons. The smallest absolute Gasteiger partial charge is 0.335 e. The maximum absolute atomic E-state index is 13.3. The molecule has 6 rings (SSSR count). The molecule has 0 spiro atoms. The van der Waals surface area contributed by atoms with Crippen LogP contribution in [0.5, 0.6) is 5.75 Å². The lowest BCUT2D eigenvalue weighted by Crippen LogP contribution is -2.48. The van der Waals surface area contributed by atoms with Gasteiger partial charge in [-0.15, -0.1) is 0 Å². The molecule has 1 N–H and O–H groups in total. The van der Waals surface area contributed by atoms with Crippen LogP contribution in [0.4, 0.5) is 0 Å². The molecule has 0 bridgehead atoms. The molecule has 2 saturated heterocycles. The van der Waals surface area contributed by atoms with Gasteiger partial charge in [0.05, 0.1) is 7.11 Å². The molecule has 46 heavy (non-hydrogen) atoms. The van der Waals surface area contributed by atoms with Crippen molar-refractivity contribution in [2.45, 2.75) is 38.9 Å². The Hall–Kier alpha value is -4.32. The number of ether oxygens (including phenoxy) is 1. The minimum atomic E-state index is -0.750. The van der Waals surface area contributed by atoms with E-state index in [0.717, 1.165) is 63.2 Å². The van der Waals surface area contributed by atoms with Crippen molar-refractivity contribution in [2.24, 2.45) is 0 Å². The number of fused-ring (bicyclic) bond motifs is 1. The van der Waals surface area contributed by atoms with Gasteiger partial charge in [0.2, 0.25) is 0 Å². The third kappa shape index (κ3) is 8.68. The van der Waals surface area contributed by atoms with Crippen LogP contribution >= 0.6 is 0 Å². The number of nitrogens with one attached hydrogen (secondary N) is 1. The maximum atomic E-state index is 13.3. The van der Waals surface area contributed by atoms with E-state index in [1.54, 1.807) is 25.3 Å². The summed E-state index contributed by atoms with van der Waals surface area (Å²) < 4.78 is 27.7. The van der Waals surface area contributed by atoms with Gasteiger partial charge in [-0.2, -0.15) is 8.42 Å². The van der Waals surface area contributed by atoms with Gasteiger partial charge in [-0.1, -0.05) is 42.0 Å². The van der Waals surface area contributed by atoms with Gasteiger partial charge in [-0.05, 0) is 67.3 Å². The number of benzene rings is 3. The molecular formula is C35H40N4O6S. The summed E-state index contributed by atoms with van der Waals surface area (Å²) in [5, 5.41) is 3.92. The Bertz CT molecular complexity index is 1650. The minimum absolute atomic E-state index is 0.0190. The molecule has 11 heteroatoms. The molecule has 242 valence electrons. The lowest BCUT2D eigenvalue weighted by atomic mass is 10.0. The fourth-order valence-corrected chi connectivity index (χ4v) is 6.01. The molecule has 3 heterocycles. The minimum Gasteiger partial charge on any atom is -0.497 e. The first-order valence-corrected chi connectivity index (χ1v) is 16.2. The van der Waals surface area contributed by atoms with E-state index in [0.29, 0.717) is 24.2 Å². The summed E-state index contributed by atoms with van der Waals surface area (Å²) >= 11 is -0.750. The third-order valence-electron chi connectivity index (χ3n) is 8.66. The molecule has 0 saturated carbocycles. The topological polar surface area (TPSA) is 112 Å². The van der Waals surface area contributed by atoms with Crippen LogP contribution in [-0.2, 0) is 24.7 Å². The van der Waals surface area contributed by atoms with Gasteiger partial charge < -0.3 is 19.4 Å². The highest BCUT2D eigenvalue weighted by molar-refractivity contribution is 7.51. The Balaban J connectivity index is 0.00000134. The Labute approximate surface area is 272 Å². The summed E-state index contributed by atoms with van der Waals surface area (Å²) in [4.78, 5) is 33.1. The SMILES string of the molecule is COc1ccc(CN2CCC(NC(=O)c3cc4cc(C(=O)N5CCN(Cc6ccc(C)cc6)CC5)ccc4o3)CC2)cc1.O=S=O. The van der Waals surface area contributed by atoms with Crippen LogP contribution in [0.1, 0.15) is 50.4 Å². The number of likely N-dealkylation sites (tertiary alicyclic amines) is 1. The number of carbonyl (C=O) groups excluding carboxylic acids is 2. The highest BCUT2D eigenvalue weighted by atomic mass is 32.1. The van der Waals surface area contributed by atoms with Crippen molar-refractivity contribution in [1.82, 2.24) is 20.0 Å². The van der Waals surface area contributed by atoms with E-state index in [2.05, 4.69) is 58.4 Å². The zero-order valence-electron chi connectivity index (χ0n) is 26.3. The zero-order valence-corrected chi connectivity index (χ0v) is 27.1. The summed E-state index contributed by atoms with van der Waals surface area (Å²) in [6.45, 7) is 8.81. The summed E-state index contributed by atoms with van der Waals surface area (Å²) in [5.41, 5.74) is 5.05. The highest BCUT2D eigenvalue weighted by Crippen LogP contribution is 2.23. The second kappa shape index (κ2) is 15.8. The number of methoxy groups -OCH3 is 1. The predicted octanol–water partition coefficient (Wildman–Crippen LogP) is 4.43. The molecule has 2 fully saturated rings. The second-order valence-corrected chi connectivity index (χ2v) is 12.0. The van der Waals surface area contributed by atoms with Crippen LogP contribution in [0.3, 0.4) is 0 Å². The molecule has 0 unspecified atom stereocenters. The van der Waals surface area contributed by atoms with Crippen LogP contribution in [0.25, 0.3) is 11.0 Å². The molecule has 4 aromatic rings. The van der Waals surface area contributed by atoms with E-state index in [1.807, 2.05) is 23.1 Å². The number of hydrogen-bond acceptors (Lipinski definition) is 8. The third-order valence-corrected chi connectivity index (χ3v) is 8.66.